The van der Waals surface area contributed by atoms with Crippen LogP contribution in [0.5, 0.6) is 5.75 Å². The van der Waals surface area contributed by atoms with E-state index < -0.39 is 6.10 Å². The van der Waals surface area contributed by atoms with Crippen molar-refractivity contribution in [2.24, 2.45) is 0 Å². The van der Waals surface area contributed by atoms with Crippen molar-refractivity contribution >= 4 is 11.6 Å². The van der Waals surface area contributed by atoms with Gasteiger partial charge in [-0.15, -0.1) is 0 Å². The molecule has 0 aliphatic rings. The minimum Gasteiger partial charge on any atom is -0.491 e. The van der Waals surface area contributed by atoms with Gasteiger partial charge in [0.2, 0.25) is 5.95 Å². The topological polar surface area (TPSA) is 70.5 Å². The zero-order valence-corrected chi connectivity index (χ0v) is 13.2. The highest BCUT2D eigenvalue weighted by molar-refractivity contribution is 5.54. The number of aromatic nitrogens is 2. The van der Waals surface area contributed by atoms with Gasteiger partial charge in [0.05, 0.1) is 0 Å². The minimum atomic E-state index is -0.506. The van der Waals surface area contributed by atoms with E-state index >= 15 is 0 Å². The van der Waals surface area contributed by atoms with Crippen LogP contribution >= 0.6 is 0 Å². The average Bonchev–Trinajstić information content (AvgIpc) is 2.46. The van der Waals surface area contributed by atoms with E-state index in [1.807, 2.05) is 56.3 Å². The average molecular weight is 302 g/mol. The number of ether oxygens (including phenoxy) is 1. The van der Waals surface area contributed by atoms with Gasteiger partial charge in [-0.25, -0.2) is 9.97 Å². The minimum absolute atomic E-state index is 0.270. The molecule has 22 heavy (non-hydrogen) atoms. The Morgan fingerprint density at radius 2 is 1.95 bits per heavy atom. The third-order valence-corrected chi connectivity index (χ3v) is 2.92. The summed E-state index contributed by atoms with van der Waals surface area (Å²) in [4.78, 5) is 10.4. The quantitative estimate of drug-likeness (QED) is 0.813. The van der Waals surface area contributed by atoms with Gasteiger partial charge in [0.25, 0.3) is 0 Å². The number of nitrogens with zero attached hydrogens (tertiary/aromatic N) is 3. The Balaban J connectivity index is 1.87. The number of rotatable bonds is 7. The van der Waals surface area contributed by atoms with Crippen LogP contribution in [0.2, 0.25) is 0 Å². The van der Waals surface area contributed by atoms with Crippen LogP contribution in [-0.4, -0.2) is 53.3 Å². The molecule has 0 saturated heterocycles. The molecule has 0 bridgehead atoms. The Morgan fingerprint density at radius 3 is 2.59 bits per heavy atom. The second kappa shape index (κ2) is 7.72. The van der Waals surface area contributed by atoms with Crippen molar-refractivity contribution in [1.29, 1.82) is 0 Å². The number of benzene rings is 1. The summed E-state index contributed by atoms with van der Waals surface area (Å²) >= 11 is 0. The van der Waals surface area contributed by atoms with Crippen LogP contribution in [0.1, 0.15) is 5.69 Å². The molecule has 0 aliphatic heterocycles. The van der Waals surface area contributed by atoms with Crippen molar-refractivity contribution in [3.05, 3.63) is 42.2 Å². The molecule has 118 valence electrons. The predicted molar refractivity (Wildman–Crippen MR) is 86.5 cm³/mol. The second-order valence-electron chi connectivity index (χ2n) is 5.40. The standard InChI is InChI=1S/C16H22N4O2/c1-12-8-9-17-16(18-12)19-13-4-6-15(7-5-13)22-11-14(21)10-20(2)3/h4-9,14,21H,10-11H2,1-3H3,(H,17,18,19). The second-order valence-corrected chi connectivity index (χ2v) is 5.40. The summed E-state index contributed by atoms with van der Waals surface area (Å²) in [6, 6.07) is 9.32. The Kier molecular flexibility index (Phi) is 5.68. The van der Waals surface area contributed by atoms with Crippen LogP contribution in [0.3, 0.4) is 0 Å². The molecule has 0 fully saturated rings. The van der Waals surface area contributed by atoms with Gasteiger partial charge in [0.1, 0.15) is 18.5 Å². The molecule has 2 rings (SSSR count). The van der Waals surface area contributed by atoms with Crippen molar-refractivity contribution < 1.29 is 9.84 Å². The Bertz CT molecular complexity index is 587. The zero-order chi connectivity index (χ0) is 15.9. The lowest BCUT2D eigenvalue weighted by Crippen LogP contribution is -2.30. The van der Waals surface area contributed by atoms with Crippen LogP contribution in [0.15, 0.2) is 36.5 Å². The van der Waals surface area contributed by atoms with Gasteiger partial charge in [-0.3, -0.25) is 0 Å². The van der Waals surface area contributed by atoms with E-state index in [1.165, 1.54) is 0 Å². The van der Waals surface area contributed by atoms with E-state index in [0.717, 1.165) is 11.4 Å². The maximum atomic E-state index is 9.76. The van der Waals surface area contributed by atoms with Crippen LogP contribution in [0.25, 0.3) is 0 Å². The fourth-order valence-electron chi connectivity index (χ4n) is 1.94. The smallest absolute Gasteiger partial charge is 0.227 e. The Hall–Kier alpha value is -2.18. The number of hydrogen-bond donors (Lipinski definition) is 2. The summed E-state index contributed by atoms with van der Waals surface area (Å²) in [5, 5.41) is 12.9. The van der Waals surface area contributed by atoms with Crippen LogP contribution in [0.4, 0.5) is 11.6 Å². The van der Waals surface area contributed by atoms with E-state index in [9.17, 15) is 5.11 Å². The summed E-state index contributed by atoms with van der Waals surface area (Å²) in [5.41, 5.74) is 1.79. The van der Waals surface area contributed by atoms with E-state index in [1.54, 1.807) is 6.20 Å². The molecule has 6 nitrogen and oxygen atoms in total. The van der Waals surface area contributed by atoms with Gasteiger partial charge in [0, 0.05) is 24.1 Å². The van der Waals surface area contributed by atoms with Crippen LogP contribution in [-0.2, 0) is 0 Å². The molecule has 2 N–H and O–H groups in total. The van der Waals surface area contributed by atoms with Gasteiger partial charge < -0.3 is 20.1 Å². The third kappa shape index (κ3) is 5.31. The molecule has 1 aromatic carbocycles. The molecule has 6 heteroatoms. The number of aliphatic hydroxyl groups excluding tert-OH is 1. The molecule has 0 amide bonds. The van der Waals surface area contributed by atoms with Crippen molar-refractivity contribution in [2.75, 3.05) is 32.6 Å². The lowest BCUT2D eigenvalue weighted by atomic mass is 10.3. The first-order valence-corrected chi connectivity index (χ1v) is 7.15. The molecular formula is C16H22N4O2. The van der Waals surface area contributed by atoms with Gasteiger partial charge in [-0.2, -0.15) is 0 Å². The van der Waals surface area contributed by atoms with E-state index in [0.29, 0.717) is 18.2 Å². The summed E-state index contributed by atoms with van der Waals surface area (Å²) in [6.07, 6.45) is 1.21. The molecule has 1 aromatic heterocycles. The van der Waals surface area contributed by atoms with Crippen molar-refractivity contribution in [1.82, 2.24) is 14.9 Å². The highest BCUT2D eigenvalue weighted by Gasteiger charge is 2.06. The molecule has 1 heterocycles. The first-order chi connectivity index (χ1) is 10.5. The van der Waals surface area contributed by atoms with Gasteiger partial charge in [-0.05, 0) is 51.4 Å². The SMILES string of the molecule is Cc1ccnc(Nc2ccc(OCC(O)CN(C)C)cc2)n1. The summed E-state index contributed by atoms with van der Waals surface area (Å²) < 4.78 is 5.56. The van der Waals surface area contributed by atoms with Gasteiger partial charge in [0.15, 0.2) is 0 Å². The number of aryl methyl sites for hydroxylation is 1. The van der Waals surface area contributed by atoms with E-state index in [2.05, 4.69) is 15.3 Å². The van der Waals surface area contributed by atoms with Crippen molar-refractivity contribution in [3.8, 4) is 5.75 Å². The molecule has 1 unspecified atom stereocenters. The van der Waals surface area contributed by atoms with Crippen LogP contribution < -0.4 is 10.1 Å². The molecule has 0 saturated carbocycles. The highest BCUT2D eigenvalue weighted by Crippen LogP contribution is 2.18. The maximum Gasteiger partial charge on any atom is 0.227 e. The summed E-state index contributed by atoms with van der Waals surface area (Å²) in [5.74, 6) is 1.28. The predicted octanol–water partition coefficient (Wildman–Crippen LogP) is 1.83. The Labute approximate surface area is 130 Å². The Morgan fingerprint density at radius 1 is 1.23 bits per heavy atom. The molecular weight excluding hydrogens is 280 g/mol. The fourth-order valence-corrected chi connectivity index (χ4v) is 1.94. The number of nitrogens with one attached hydrogen (secondary N) is 1. The third-order valence-electron chi connectivity index (χ3n) is 2.92. The van der Waals surface area contributed by atoms with Gasteiger partial charge in [-0.1, -0.05) is 0 Å². The number of aliphatic hydroxyl groups is 1. The lowest BCUT2D eigenvalue weighted by molar-refractivity contribution is 0.0831. The normalized spacial score (nSPS) is 12.2. The number of hydrogen-bond acceptors (Lipinski definition) is 6. The molecule has 0 spiro atoms. The molecule has 2 aromatic rings. The summed E-state index contributed by atoms with van der Waals surface area (Å²) in [6.45, 7) is 2.76. The molecule has 0 radical (unpaired) electrons. The fraction of sp³-hybridized carbons (Fsp3) is 0.375. The number of likely N-dealkylation sites (N-methyl/N-ethyl adjacent to an activating group) is 1. The summed E-state index contributed by atoms with van der Waals surface area (Å²) in [7, 11) is 3.83. The van der Waals surface area contributed by atoms with E-state index in [-0.39, 0.29) is 6.61 Å². The zero-order valence-electron chi connectivity index (χ0n) is 13.2. The number of anilines is 2. The van der Waals surface area contributed by atoms with Crippen LogP contribution in [0, 0.1) is 6.92 Å². The highest BCUT2D eigenvalue weighted by atomic mass is 16.5. The molecule has 1 atom stereocenters. The maximum absolute atomic E-state index is 9.76. The first kappa shape index (κ1) is 16.2. The van der Waals surface area contributed by atoms with Gasteiger partial charge >= 0.3 is 0 Å². The first-order valence-electron chi connectivity index (χ1n) is 7.15. The van der Waals surface area contributed by atoms with E-state index in [4.69, 9.17) is 4.74 Å². The van der Waals surface area contributed by atoms with Crippen molar-refractivity contribution in [2.45, 2.75) is 13.0 Å². The monoisotopic (exact) mass is 302 g/mol. The molecule has 0 aliphatic carbocycles. The lowest BCUT2D eigenvalue weighted by Gasteiger charge is -2.16. The van der Waals surface area contributed by atoms with Crippen molar-refractivity contribution in [3.63, 3.8) is 0 Å². The largest absolute Gasteiger partial charge is 0.491 e.